The maximum Gasteiger partial charge on any atom is 0.233 e. The highest BCUT2D eigenvalue weighted by Crippen LogP contribution is 2.35. The van der Waals surface area contributed by atoms with E-state index < -0.39 is 0 Å². The molecule has 0 atom stereocenters. The van der Waals surface area contributed by atoms with E-state index in [1.165, 1.54) is 6.20 Å². The summed E-state index contributed by atoms with van der Waals surface area (Å²) in [5, 5.41) is 0.544. The molecule has 0 aliphatic carbocycles. The Morgan fingerprint density at radius 1 is 1.17 bits per heavy atom. The molecule has 94 valence electrons. The standard InChI is InChI=1S/C12H8Br2ClNO2/c1-17-8-2-3-11(9(13)5-8)18-12-10(14)4-7(15)6-16-12/h2-6H,1H3. The molecule has 0 saturated carbocycles. The van der Waals surface area contributed by atoms with Crippen molar-refractivity contribution >= 4 is 43.5 Å². The molecule has 6 heteroatoms. The smallest absolute Gasteiger partial charge is 0.233 e. The van der Waals surface area contributed by atoms with Crippen molar-refractivity contribution in [1.82, 2.24) is 4.98 Å². The van der Waals surface area contributed by atoms with Crippen molar-refractivity contribution in [2.24, 2.45) is 0 Å². The lowest BCUT2D eigenvalue weighted by Gasteiger charge is -2.09. The second kappa shape index (κ2) is 5.91. The van der Waals surface area contributed by atoms with Crippen molar-refractivity contribution in [3.05, 3.63) is 44.4 Å². The molecule has 0 fully saturated rings. The first-order valence-electron chi connectivity index (χ1n) is 4.92. The summed E-state index contributed by atoms with van der Waals surface area (Å²) in [6, 6.07) is 7.15. The van der Waals surface area contributed by atoms with Gasteiger partial charge >= 0.3 is 0 Å². The second-order valence-corrected chi connectivity index (χ2v) is 5.48. The van der Waals surface area contributed by atoms with Gasteiger partial charge in [-0.05, 0) is 56.1 Å². The fourth-order valence-electron chi connectivity index (χ4n) is 1.27. The number of aromatic nitrogens is 1. The zero-order valence-electron chi connectivity index (χ0n) is 9.28. The van der Waals surface area contributed by atoms with Crippen LogP contribution in [-0.4, -0.2) is 12.1 Å². The molecule has 0 saturated heterocycles. The van der Waals surface area contributed by atoms with Gasteiger partial charge in [0.25, 0.3) is 0 Å². The van der Waals surface area contributed by atoms with E-state index >= 15 is 0 Å². The number of benzene rings is 1. The number of hydrogen-bond acceptors (Lipinski definition) is 3. The average molecular weight is 393 g/mol. The van der Waals surface area contributed by atoms with Gasteiger partial charge in [-0.1, -0.05) is 11.6 Å². The summed E-state index contributed by atoms with van der Waals surface area (Å²) in [6.07, 6.45) is 1.53. The predicted molar refractivity (Wildman–Crippen MR) is 77.7 cm³/mol. The SMILES string of the molecule is COc1ccc(Oc2ncc(Cl)cc2Br)c(Br)c1. The average Bonchev–Trinajstić information content (AvgIpc) is 2.34. The number of hydrogen-bond donors (Lipinski definition) is 0. The van der Waals surface area contributed by atoms with Crippen molar-refractivity contribution in [1.29, 1.82) is 0 Å². The minimum atomic E-state index is 0.449. The molecule has 0 spiro atoms. The quantitative estimate of drug-likeness (QED) is 0.730. The fourth-order valence-corrected chi connectivity index (χ4v) is 2.43. The van der Waals surface area contributed by atoms with Gasteiger partial charge in [0, 0.05) is 6.20 Å². The summed E-state index contributed by atoms with van der Waals surface area (Å²) in [5.74, 6) is 1.84. The maximum absolute atomic E-state index is 5.82. The van der Waals surface area contributed by atoms with Crippen LogP contribution in [0.5, 0.6) is 17.4 Å². The van der Waals surface area contributed by atoms with Gasteiger partial charge in [-0.15, -0.1) is 0 Å². The third-order valence-electron chi connectivity index (χ3n) is 2.12. The van der Waals surface area contributed by atoms with E-state index in [1.807, 2.05) is 12.1 Å². The first-order chi connectivity index (χ1) is 8.60. The summed E-state index contributed by atoms with van der Waals surface area (Å²) >= 11 is 12.6. The van der Waals surface area contributed by atoms with Crippen LogP contribution >= 0.6 is 43.5 Å². The summed E-state index contributed by atoms with van der Waals surface area (Å²) < 4.78 is 12.3. The highest BCUT2D eigenvalue weighted by Gasteiger charge is 2.08. The normalized spacial score (nSPS) is 10.2. The number of nitrogens with zero attached hydrogens (tertiary/aromatic N) is 1. The van der Waals surface area contributed by atoms with Crippen LogP contribution in [0.15, 0.2) is 39.4 Å². The van der Waals surface area contributed by atoms with Crippen LogP contribution < -0.4 is 9.47 Å². The van der Waals surface area contributed by atoms with E-state index in [4.69, 9.17) is 21.1 Å². The van der Waals surface area contributed by atoms with Crippen LogP contribution in [0, 0.1) is 0 Å². The first-order valence-corrected chi connectivity index (χ1v) is 6.89. The van der Waals surface area contributed by atoms with E-state index in [-0.39, 0.29) is 0 Å². The summed E-state index contributed by atoms with van der Waals surface area (Å²) in [6.45, 7) is 0. The van der Waals surface area contributed by atoms with E-state index in [9.17, 15) is 0 Å². The van der Waals surface area contributed by atoms with E-state index in [2.05, 4.69) is 36.8 Å². The van der Waals surface area contributed by atoms with Gasteiger partial charge in [0.15, 0.2) is 0 Å². The van der Waals surface area contributed by atoms with Crippen molar-refractivity contribution in [2.75, 3.05) is 7.11 Å². The minimum absolute atomic E-state index is 0.449. The lowest BCUT2D eigenvalue weighted by Crippen LogP contribution is -1.91. The van der Waals surface area contributed by atoms with Crippen LogP contribution in [0.3, 0.4) is 0 Å². The Bertz CT molecular complexity index is 578. The summed E-state index contributed by atoms with van der Waals surface area (Å²) in [4.78, 5) is 4.10. The Balaban J connectivity index is 2.28. The number of pyridine rings is 1. The van der Waals surface area contributed by atoms with Gasteiger partial charge in [-0.25, -0.2) is 4.98 Å². The molecular weight excluding hydrogens is 385 g/mol. The third-order valence-corrected chi connectivity index (χ3v) is 3.51. The van der Waals surface area contributed by atoms with Crippen LogP contribution in [0.25, 0.3) is 0 Å². The highest BCUT2D eigenvalue weighted by atomic mass is 79.9. The molecule has 3 nitrogen and oxygen atoms in total. The topological polar surface area (TPSA) is 31.4 Å². The number of ether oxygens (including phenoxy) is 2. The van der Waals surface area contributed by atoms with Gasteiger partial charge in [-0.2, -0.15) is 0 Å². The van der Waals surface area contributed by atoms with Gasteiger partial charge in [-0.3, -0.25) is 0 Å². The van der Waals surface area contributed by atoms with Crippen LogP contribution in [-0.2, 0) is 0 Å². The van der Waals surface area contributed by atoms with E-state index in [0.29, 0.717) is 21.1 Å². The maximum atomic E-state index is 5.82. The van der Waals surface area contributed by atoms with E-state index in [0.717, 1.165) is 10.2 Å². The zero-order chi connectivity index (χ0) is 13.1. The fraction of sp³-hybridized carbons (Fsp3) is 0.0833. The van der Waals surface area contributed by atoms with Crippen LogP contribution in [0.4, 0.5) is 0 Å². The van der Waals surface area contributed by atoms with Gasteiger partial charge < -0.3 is 9.47 Å². The lowest BCUT2D eigenvalue weighted by molar-refractivity contribution is 0.411. The Labute approximate surface area is 126 Å². The minimum Gasteiger partial charge on any atom is -0.497 e. The largest absolute Gasteiger partial charge is 0.497 e. The number of methoxy groups -OCH3 is 1. The molecule has 1 aromatic carbocycles. The number of rotatable bonds is 3. The molecule has 0 amide bonds. The second-order valence-electron chi connectivity index (χ2n) is 3.34. The number of halogens is 3. The molecule has 0 N–H and O–H groups in total. The first kappa shape index (κ1) is 13.6. The highest BCUT2D eigenvalue weighted by molar-refractivity contribution is 9.11. The molecule has 1 aromatic heterocycles. The molecule has 2 aromatic rings. The van der Waals surface area contributed by atoms with Crippen molar-refractivity contribution < 1.29 is 9.47 Å². The Morgan fingerprint density at radius 3 is 2.56 bits per heavy atom. The summed E-state index contributed by atoms with van der Waals surface area (Å²) in [5.41, 5.74) is 0. The van der Waals surface area contributed by atoms with Gasteiger partial charge in [0.2, 0.25) is 5.88 Å². The molecule has 0 bridgehead atoms. The lowest BCUT2D eigenvalue weighted by atomic mass is 10.3. The zero-order valence-corrected chi connectivity index (χ0v) is 13.2. The molecule has 1 heterocycles. The van der Waals surface area contributed by atoms with Crippen molar-refractivity contribution in [3.63, 3.8) is 0 Å². The molecule has 0 radical (unpaired) electrons. The predicted octanol–water partition coefficient (Wildman–Crippen LogP) is 5.06. The van der Waals surface area contributed by atoms with E-state index in [1.54, 1.807) is 19.2 Å². The molecular formula is C12H8Br2ClNO2. The van der Waals surface area contributed by atoms with Crippen molar-refractivity contribution in [3.8, 4) is 17.4 Å². The monoisotopic (exact) mass is 391 g/mol. The third kappa shape index (κ3) is 3.16. The van der Waals surface area contributed by atoms with Gasteiger partial charge in [0.1, 0.15) is 11.5 Å². The van der Waals surface area contributed by atoms with Gasteiger partial charge in [0.05, 0.1) is 21.1 Å². The molecule has 18 heavy (non-hydrogen) atoms. The van der Waals surface area contributed by atoms with Crippen molar-refractivity contribution in [2.45, 2.75) is 0 Å². The van der Waals surface area contributed by atoms with Crippen LogP contribution in [0.1, 0.15) is 0 Å². The Kier molecular flexibility index (Phi) is 4.48. The molecule has 2 rings (SSSR count). The molecule has 0 aliphatic heterocycles. The Hall–Kier alpha value is -0.780. The Morgan fingerprint density at radius 2 is 1.94 bits per heavy atom. The van der Waals surface area contributed by atoms with Crippen LogP contribution in [0.2, 0.25) is 5.02 Å². The molecule has 0 aliphatic rings. The molecule has 0 unspecified atom stereocenters. The summed E-state index contributed by atoms with van der Waals surface area (Å²) in [7, 11) is 1.61.